The maximum atomic E-state index is 13.4. The number of hydrogen-bond donors (Lipinski definition) is 1. The maximum absolute atomic E-state index is 13.4. The van der Waals surface area contributed by atoms with Crippen molar-refractivity contribution in [1.82, 2.24) is 10.2 Å². The van der Waals surface area contributed by atoms with E-state index in [2.05, 4.69) is 12.2 Å². The number of likely N-dealkylation sites (tertiary alicyclic amines) is 1. The lowest BCUT2D eigenvalue weighted by Crippen LogP contribution is -2.36. The summed E-state index contributed by atoms with van der Waals surface area (Å²) in [5.74, 6) is -0.345. The van der Waals surface area contributed by atoms with Gasteiger partial charge in [0.1, 0.15) is 11.6 Å². The Labute approximate surface area is 170 Å². The zero-order chi connectivity index (χ0) is 20.8. The van der Waals surface area contributed by atoms with E-state index < -0.39 is 0 Å². The smallest absolute Gasteiger partial charge is 0.253 e. The number of amides is 2. The van der Waals surface area contributed by atoms with Crippen molar-refractivity contribution in [1.29, 1.82) is 0 Å². The van der Waals surface area contributed by atoms with Crippen molar-refractivity contribution >= 4 is 11.8 Å². The molecule has 0 unspecified atom stereocenters. The average Bonchev–Trinajstić information content (AvgIpc) is 3.19. The SMILES string of the molecule is CCCCNC(=O)[C@H]1CN(C(=O)c2ccc(OC)cc2)C[C@@H]1c1ccc(F)cc1. The molecule has 1 N–H and O–H groups in total. The Morgan fingerprint density at radius 1 is 1.10 bits per heavy atom. The van der Waals surface area contributed by atoms with E-state index in [1.807, 2.05) is 0 Å². The van der Waals surface area contributed by atoms with Gasteiger partial charge in [-0.1, -0.05) is 25.5 Å². The lowest BCUT2D eigenvalue weighted by Gasteiger charge is -2.18. The van der Waals surface area contributed by atoms with Gasteiger partial charge in [0.2, 0.25) is 5.91 Å². The number of nitrogens with one attached hydrogen (secondary N) is 1. The molecular formula is C23H27FN2O3. The van der Waals surface area contributed by atoms with Gasteiger partial charge in [-0.2, -0.15) is 0 Å². The third kappa shape index (κ3) is 4.94. The number of rotatable bonds is 7. The van der Waals surface area contributed by atoms with Gasteiger partial charge >= 0.3 is 0 Å². The molecule has 1 aliphatic heterocycles. The molecule has 154 valence electrons. The van der Waals surface area contributed by atoms with Crippen LogP contribution >= 0.6 is 0 Å². The molecule has 2 aromatic rings. The van der Waals surface area contributed by atoms with E-state index in [0.717, 1.165) is 18.4 Å². The lowest BCUT2D eigenvalue weighted by molar-refractivity contribution is -0.124. The van der Waals surface area contributed by atoms with Gasteiger partial charge in [0.15, 0.2) is 0 Å². The lowest BCUT2D eigenvalue weighted by atomic mass is 9.88. The highest BCUT2D eigenvalue weighted by molar-refractivity contribution is 5.95. The van der Waals surface area contributed by atoms with Crippen LogP contribution in [0.15, 0.2) is 48.5 Å². The summed E-state index contributed by atoms with van der Waals surface area (Å²) in [7, 11) is 1.58. The van der Waals surface area contributed by atoms with Crippen LogP contribution in [-0.2, 0) is 4.79 Å². The van der Waals surface area contributed by atoms with E-state index >= 15 is 0 Å². The quantitative estimate of drug-likeness (QED) is 0.725. The second-order valence-corrected chi connectivity index (χ2v) is 7.35. The Morgan fingerprint density at radius 2 is 1.79 bits per heavy atom. The first kappa shape index (κ1) is 20.8. The fourth-order valence-electron chi connectivity index (χ4n) is 3.72. The third-order valence-electron chi connectivity index (χ3n) is 5.41. The summed E-state index contributed by atoms with van der Waals surface area (Å²) in [6.07, 6.45) is 1.91. The van der Waals surface area contributed by atoms with E-state index in [0.29, 0.717) is 30.9 Å². The van der Waals surface area contributed by atoms with Crippen molar-refractivity contribution in [3.05, 3.63) is 65.5 Å². The highest BCUT2D eigenvalue weighted by Crippen LogP contribution is 2.34. The summed E-state index contributed by atoms with van der Waals surface area (Å²) in [6.45, 7) is 3.44. The first-order valence-electron chi connectivity index (χ1n) is 10.00. The van der Waals surface area contributed by atoms with Crippen molar-refractivity contribution in [3.63, 3.8) is 0 Å². The average molecular weight is 398 g/mol. The van der Waals surface area contributed by atoms with Crippen molar-refractivity contribution < 1.29 is 18.7 Å². The molecule has 5 nitrogen and oxygen atoms in total. The number of unbranched alkanes of at least 4 members (excludes halogenated alkanes) is 1. The Balaban J connectivity index is 1.80. The van der Waals surface area contributed by atoms with Crippen LogP contribution in [-0.4, -0.2) is 43.5 Å². The van der Waals surface area contributed by atoms with Crippen LogP contribution < -0.4 is 10.1 Å². The number of carbonyl (C=O) groups is 2. The predicted molar refractivity (Wildman–Crippen MR) is 109 cm³/mol. The molecule has 0 aliphatic carbocycles. The van der Waals surface area contributed by atoms with Crippen LogP contribution in [0, 0.1) is 11.7 Å². The van der Waals surface area contributed by atoms with Gasteiger partial charge < -0.3 is 15.0 Å². The molecule has 0 saturated carbocycles. The third-order valence-corrected chi connectivity index (χ3v) is 5.41. The zero-order valence-electron chi connectivity index (χ0n) is 16.9. The molecule has 1 heterocycles. The van der Waals surface area contributed by atoms with E-state index in [4.69, 9.17) is 4.74 Å². The van der Waals surface area contributed by atoms with E-state index in [9.17, 15) is 14.0 Å². The summed E-state index contributed by atoms with van der Waals surface area (Å²) in [4.78, 5) is 27.5. The molecule has 3 rings (SSSR count). The molecule has 1 saturated heterocycles. The van der Waals surface area contributed by atoms with Gasteiger partial charge in [0, 0.05) is 31.1 Å². The summed E-state index contributed by atoms with van der Waals surface area (Å²) >= 11 is 0. The van der Waals surface area contributed by atoms with Crippen LogP contribution in [0.5, 0.6) is 5.75 Å². The molecule has 2 aromatic carbocycles. The van der Waals surface area contributed by atoms with Gasteiger partial charge in [-0.05, 0) is 48.4 Å². The molecule has 1 fully saturated rings. The Kier molecular flexibility index (Phi) is 6.86. The molecule has 0 spiro atoms. The first-order chi connectivity index (χ1) is 14.0. The minimum Gasteiger partial charge on any atom is -0.497 e. The molecule has 29 heavy (non-hydrogen) atoms. The van der Waals surface area contributed by atoms with Gasteiger partial charge in [-0.25, -0.2) is 4.39 Å². The highest BCUT2D eigenvalue weighted by Gasteiger charge is 2.40. The summed E-state index contributed by atoms with van der Waals surface area (Å²) in [5, 5.41) is 2.98. The summed E-state index contributed by atoms with van der Waals surface area (Å²) in [6, 6.07) is 13.1. The van der Waals surface area contributed by atoms with Crippen molar-refractivity contribution in [3.8, 4) is 5.75 Å². The number of ether oxygens (including phenoxy) is 1. The van der Waals surface area contributed by atoms with Crippen LogP contribution in [0.1, 0.15) is 41.6 Å². The number of benzene rings is 2. The van der Waals surface area contributed by atoms with Crippen LogP contribution in [0.2, 0.25) is 0 Å². The molecule has 6 heteroatoms. The van der Waals surface area contributed by atoms with Gasteiger partial charge in [0.25, 0.3) is 5.91 Å². The zero-order valence-corrected chi connectivity index (χ0v) is 16.9. The van der Waals surface area contributed by atoms with E-state index in [-0.39, 0.29) is 29.5 Å². The Hall–Kier alpha value is -2.89. The van der Waals surface area contributed by atoms with Crippen LogP contribution in [0.3, 0.4) is 0 Å². The molecule has 0 radical (unpaired) electrons. The van der Waals surface area contributed by atoms with Crippen molar-refractivity contribution in [2.45, 2.75) is 25.7 Å². The normalized spacial score (nSPS) is 18.5. The molecule has 2 amide bonds. The molecule has 1 aliphatic rings. The van der Waals surface area contributed by atoms with Gasteiger partial charge in [-0.15, -0.1) is 0 Å². The van der Waals surface area contributed by atoms with Crippen LogP contribution in [0.25, 0.3) is 0 Å². The van der Waals surface area contributed by atoms with Crippen molar-refractivity contribution in [2.75, 3.05) is 26.7 Å². The number of methoxy groups -OCH3 is 1. The second-order valence-electron chi connectivity index (χ2n) is 7.35. The molecule has 0 aromatic heterocycles. The monoisotopic (exact) mass is 398 g/mol. The fraction of sp³-hybridized carbons (Fsp3) is 0.391. The number of halogens is 1. The van der Waals surface area contributed by atoms with Gasteiger partial charge in [0.05, 0.1) is 13.0 Å². The Bertz CT molecular complexity index is 836. The van der Waals surface area contributed by atoms with Gasteiger partial charge in [-0.3, -0.25) is 9.59 Å². The summed E-state index contributed by atoms with van der Waals surface area (Å²) in [5.41, 5.74) is 1.42. The highest BCUT2D eigenvalue weighted by atomic mass is 19.1. The van der Waals surface area contributed by atoms with E-state index in [1.165, 1.54) is 12.1 Å². The standard InChI is InChI=1S/C23H27FN2O3/c1-3-4-13-25-22(27)21-15-26(14-20(21)16-5-9-18(24)10-6-16)23(28)17-7-11-19(29-2)12-8-17/h5-12,20-21H,3-4,13-15H2,1-2H3,(H,25,27)/t20-,21+/m1/s1. The predicted octanol–water partition coefficient (Wildman–Crippen LogP) is 3.61. The molecule has 2 atom stereocenters. The second kappa shape index (κ2) is 9.54. The maximum Gasteiger partial charge on any atom is 0.253 e. The number of carbonyl (C=O) groups excluding carboxylic acids is 2. The van der Waals surface area contributed by atoms with E-state index in [1.54, 1.807) is 48.4 Å². The number of nitrogens with zero attached hydrogens (tertiary/aromatic N) is 1. The first-order valence-corrected chi connectivity index (χ1v) is 10.00. The minimum atomic E-state index is -0.362. The molecule has 0 bridgehead atoms. The summed E-state index contributed by atoms with van der Waals surface area (Å²) < 4.78 is 18.5. The number of hydrogen-bond acceptors (Lipinski definition) is 3. The topological polar surface area (TPSA) is 58.6 Å². The minimum absolute atomic E-state index is 0.0576. The fourth-order valence-corrected chi connectivity index (χ4v) is 3.72. The van der Waals surface area contributed by atoms with Crippen molar-refractivity contribution in [2.24, 2.45) is 5.92 Å². The van der Waals surface area contributed by atoms with Crippen LogP contribution in [0.4, 0.5) is 4.39 Å². The largest absolute Gasteiger partial charge is 0.497 e. The Morgan fingerprint density at radius 3 is 2.41 bits per heavy atom. The molecular weight excluding hydrogens is 371 g/mol.